The highest BCUT2D eigenvalue weighted by Crippen LogP contribution is 2.50. The standard InChI is InChI=1S/C26H25F6N3O4/c1-34-13-18(33-15-34)11-23(36)35-14-21(39-20-5-3-4-19(12-20)38-2)8-6-16-10-17(7-9-22(16)35)24(37,25(27,28)29)26(30,31)32/h3-5,7,9-10,12-13,15,21,37H,6,8,11,14H2,1-2H3. The zero-order valence-corrected chi connectivity index (χ0v) is 20.9. The molecule has 1 amide bonds. The predicted molar refractivity (Wildman–Crippen MR) is 127 cm³/mol. The highest BCUT2D eigenvalue weighted by atomic mass is 19.4. The maximum Gasteiger partial charge on any atom is 0.430 e. The van der Waals surface area contributed by atoms with Gasteiger partial charge < -0.3 is 24.0 Å². The van der Waals surface area contributed by atoms with Gasteiger partial charge in [-0.05, 0) is 36.6 Å². The second-order valence-electron chi connectivity index (χ2n) is 9.22. The molecular formula is C26H25F6N3O4. The summed E-state index contributed by atoms with van der Waals surface area (Å²) in [6.45, 7) is -0.0297. The molecule has 7 nitrogen and oxygen atoms in total. The van der Waals surface area contributed by atoms with Crippen molar-refractivity contribution >= 4 is 11.6 Å². The van der Waals surface area contributed by atoms with Crippen LogP contribution in [0.15, 0.2) is 55.0 Å². The van der Waals surface area contributed by atoms with Crippen molar-refractivity contribution in [2.24, 2.45) is 7.05 Å². The molecule has 4 rings (SSSR count). The Morgan fingerprint density at radius 2 is 1.77 bits per heavy atom. The zero-order chi connectivity index (χ0) is 28.6. The van der Waals surface area contributed by atoms with Crippen LogP contribution in [-0.2, 0) is 30.3 Å². The third kappa shape index (κ3) is 5.68. The lowest BCUT2D eigenvalue weighted by Gasteiger charge is -2.33. The summed E-state index contributed by atoms with van der Waals surface area (Å²) >= 11 is 0. The van der Waals surface area contributed by atoms with E-state index in [-0.39, 0.29) is 37.1 Å². The second kappa shape index (κ2) is 10.4. The summed E-state index contributed by atoms with van der Waals surface area (Å²) in [6.07, 6.45) is -9.62. The van der Waals surface area contributed by atoms with Crippen LogP contribution in [0.2, 0.25) is 0 Å². The third-order valence-electron chi connectivity index (χ3n) is 6.47. The molecule has 1 atom stereocenters. The van der Waals surface area contributed by atoms with Crippen molar-refractivity contribution in [2.75, 3.05) is 18.6 Å². The average Bonchev–Trinajstić information content (AvgIpc) is 3.18. The Bertz CT molecular complexity index is 1320. The molecule has 2 aromatic carbocycles. The van der Waals surface area contributed by atoms with Crippen LogP contribution in [0.4, 0.5) is 32.0 Å². The first-order valence-electron chi connectivity index (χ1n) is 11.8. The third-order valence-corrected chi connectivity index (χ3v) is 6.47. The minimum absolute atomic E-state index is 0.0169. The van der Waals surface area contributed by atoms with E-state index >= 15 is 0 Å². The van der Waals surface area contributed by atoms with Gasteiger partial charge in [0.1, 0.15) is 17.6 Å². The smallest absolute Gasteiger partial charge is 0.430 e. The van der Waals surface area contributed by atoms with E-state index in [1.54, 1.807) is 42.1 Å². The molecule has 1 unspecified atom stereocenters. The molecule has 0 aliphatic carbocycles. The highest BCUT2D eigenvalue weighted by molar-refractivity contribution is 5.95. The predicted octanol–water partition coefficient (Wildman–Crippen LogP) is 4.71. The van der Waals surface area contributed by atoms with Gasteiger partial charge in [-0.15, -0.1) is 0 Å². The fourth-order valence-electron chi connectivity index (χ4n) is 4.48. The van der Waals surface area contributed by atoms with E-state index < -0.39 is 35.5 Å². The number of amides is 1. The first-order valence-corrected chi connectivity index (χ1v) is 11.8. The summed E-state index contributed by atoms with van der Waals surface area (Å²) in [5.74, 6) is 0.438. The molecule has 0 radical (unpaired) electrons. The molecule has 1 N–H and O–H groups in total. The van der Waals surface area contributed by atoms with Crippen molar-refractivity contribution in [3.8, 4) is 11.5 Å². The van der Waals surface area contributed by atoms with Gasteiger partial charge in [-0.3, -0.25) is 4.79 Å². The number of alkyl halides is 6. The molecule has 13 heteroatoms. The van der Waals surface area contributed by atoms with Gasteiger partial charge in [-0.1, -0.05) is 18.2 Å². The molecule has 1 aliphatic heterocycles. The Labute approximate surface area is 219 Å². The van der Waals surface area contributed by atoms with E-state index in [0.29, 0.717) is 29.3 Å². The number of carbonyl (C=O) groups is 1. The van der Waals surface area contributed by atoms with Crippen LogP contribution in [0.5, 0.6) is 11.5 Å². The normalized spacial score (nSPS) is 16.4. The van der Waals surface area contributed by atoms with Crippen molar-refractivity contribution in [3.05, 3.63) is 71.8 Å². The van der Waals surface area contributed by atoms with Crippen LogP contribution < -0.4 is 14.4 Å². The summed E-state index contributed by atoms with van der Waals surface area (Å²) in [5, 5.41) is 9.92. The lowest BCUT2D eigenvalue weighted by Crippen LogP contribution is -2.54. The van der Waals surface area contributed by atoms with Crippen LogP contribution >= 0.6 is 0 Å². The quantitative estimate of drug-likeness (QED) is 0.445. The molecule has 0 saturated carbocycles. The molecule has 0 bridgehead atoms. The Balaban J connectivity index is 1.73. The second-order valence-corrected chi connectivity index (χ2v) is 9.22. The summed E-state index contributed by atoms with van der Waals surface area (Å²) in [7, 11) is 3.18. The lowest BCUT2D eigenvalue weighted by molar-refractivity contribution is -0.376. The van der Waals surface area contributed by atoms with Gasteiger partial charge in [-0.2, -0.15) is 26.3 Å². The van der Waals surface area contributed by atoms with Gasteiger partial charge in [0.2, 0.25) is 5.91 Å². The number of aryl methyl sites for hydroxylation is 2. The zero-order valence-electron chi connectivity index (χ0n) is 20.9. The number of hydrogen-bond acceptors (Lipinski definition) is 5. The number of halogens is 6. The van der Waals surface area contributed by atoms with Crippen molar-refractivity contribution < 1.29 is 45.7 Å². The molecule has 0 spiro atoms. The topological polar surface area (TPSA) is 76.8 Å². The van der Waals surface area contributed by atoms with E-state index in [4.69, 9.17) is 9.47 Å². The SMILES string of the molecule is COc1cccc(OC2CCc3cc(C(O)(C(F)(F)F)C(F)(F)F)ccc3N(C(=O)Cc3cn(C)cn3)C2)c1. The molecule has 2 heterocycles. The van der Waals surface area contributed by atoms with Crippen LogP contribution in [0.25, 0.3) is 0 Å². The number of imidazole rings is 1. The molecule has 0 fully saturated rings. The Hall–Kier alpha value is -3.74. The fraction of sp³-hybridized carbons (Fsp3) is 0.385. The molecule has 210 valence electrons. The monoisotopic (exact) mass is 557 g/mol. The van der Waals surface area contributed by atoms with E-state index in [9.17, 15) is 36.2 Å². The van der Waals surface area contributed by atoms with Gasteiger partial charge in [0.25, 0.3) is 5.60 Å². The van der Waals surface area contributed by atoms with Crippen LogP contribution in [0.3, 0.4) is 0 Å². The van der Waals surface area contributed by atoms with E-state index in [2.05, 4.69) is 4.98 Å². The molecular weight excluding hydrogens is 532 g/mol. The number of rotatable bonds is 6. The summed E-state index contributed by atoms with van der Waals surface area (Å²) in [4.78, 5) is 18.8. The number of methoxy groups -OCH3 is 1. The molecule has 3 aromatic rings. The van der Waals surface area contributed by atoms with Crippen LogP contribution in [0.1, 0.15) is 23.2 Å². The minimum Gasteiger partial charge on any atom is -0.497 e. The number of benzene rings is 2. The Morgan fingerprint density at radius 3 is 2.38 bits per heavy atom. The number of fused-ring (bicyclic) bond motifs is 1. The maximum atomic E-state index is 13.5. The minimum atomic E-state index is -6.03. The van der Waals surface area contributed by atoms with E-state index in [1.165, 1.54) is 18.3 Å². The number of hydrogen-bond donors (Lipinski definition) is 1. The van der Waals surface area contributed by atoms with Gasteiger partial charge >= 0.3 is 12.4 Å². The molecule has 1 aromatic heterocycles. The van der Waals surface area contributed by atoms with Crippen molar-refractivity contribution in [2.45, 2.75) is 43.3 Å². The van der Waals surface area contributed by atoms with Gasteiger partial charge in [0.15, 0.2) is 0 Å². The number of nitrogens with zero attached hydrogens (tertiary/aromatic N) is 3. The largest absolute Gasteiger partial charge is 0.497 e. The molecule has 0 saturated heterocycles. The number of aliphatic hydroxyl groups is 1. The number of carbonyl (C=O) groups excluding carboxylic acids is 1. The van der Waals surface area contributed by atoms with Crippen molar-refractivity contribution in [1.29, 1.82) is 0 Å². The maximum absolute atomic E-state index is 13.5. The summed E-state index contributed by atoms with van der Waals surface area (Å²) in [5.41, 5.74) is -5.88. The Morgan fingerprint density at radius 1 is 1.08 bits per heavy atom. The lowest BCUT2D eigenvalue weighted by atomic mass is 9.89. The van der Waals surface area contributed by atoms with Crippen LogP contribution in [-0.4, -0.2) is 52.7 Å². The first-order chi connectivity index (χ1) is 18.2. The fourth-order valence-corrected chi connectivity index (χ4v) is 4.48. The first kappa shape index (κ1) is 28.3. The van der Waals surface area contributed by atoms with E-state index in [0.717, 1.165) is 6.07 Å². The molecule has 1 aliphatic rings. The van der Waals surface area contributed by atoms with Gasteiger partial charge in [0.05, 0.1) is 32.1 Å². The average molecular weight is 557 g/mol. The van der Waals surface area contributed by atoms with Crippen molar-refractivity contribution in [1.82, 2.24) is 9.55 Å². The van der Waals surface area contributed by atoms with Crippen molar-refractivity contribution in [3.63, 3.8) is 0 Å². The van der Waals surface area contributed by atoms with Crippen LogP contribution in [0, 0.1) is 0 Å². The highest BCUT2D eigenvalue weighted by Gasteiger charge is 2.71. The number of ether oxygens (including phenoxy) is 2. The molecule has 39 heavy (non-hydrogen) atoms. The van der Waals surface area contributed by atoms with E-state index in [1.807, 2.05) is 0 Å². The Kier molecular flexibility index (Phi) is 7.57. The summed E-state index contributed by atoms with van der Waals surface area (Å²) in [6, 6.07) is 8.86. The van der Waals surface area contributed by atoms with Gasteiger partial charge in [-0.25, -0.2) is 4.98 Å². The number of anilines is 1. The van der Waals surface area contributed by atoms with Gasteiger partial charge in [0, 0.05) is 30.6 Å². The number of aromatic nitrogens is 2. The summed E-state index contributed by atoms with van der Waals surface area (Å²) < 4.78 is 94.1.